The van der Waals surface area contributed by atoms with Gasteiger partial charge in [0.05, 0.1) is 13.2 Å². The first-order chi connectivity index (χ1) is 16.5. The molecule has 0 spiro atoms. The second kappa shape index (κ2) is 9.26. The van der Waals surface area contributed by atoms with Gasteiger partial charge in [-0.25, -0.2) is 0 Å². The van der Waals surface area contributed by atoms with Gasteiger partial charge in [-0.15, -0.1) is 37.0 Å². The zero-order valence-corrected chi connectivity index (χ0v) is 23.2. The molecule has 4 aromatic rings. The molecule has 0 N–H and O–H groups in total. The highest BCUT2D eigenvalue weighted by Gasteiger charge is 2.26. The molecule has 0 saturated carbocycles. The van der Waals surface area contributed by atoms with Gasteiger partial charge in [-0.2, -0.15) is 0 Å². The molecule has 0 aliphatic carbocycles. The third-order valence-electron chi connectivity index (χ3n) is 6.29. The molecule has 2 aliphatic heterocycles. The Balaban J connectivity index is 1.54. The van der Waals surface area contributed by atoms with E-state index in [2.05, 4.69) is 85.5 Å². The Hall–Kier alpha value is -1.36. The standard InChI is InChI=1S/C26H26O4P4/c31-19-7-13-3-1-5-17(21(13)25(33)23(19)29-11-15-9-27-15)18-6-2-4-14-8-20(32)24(26(34)22(14)18)30-12-16-10-28-16/h1-8,15-16H,9-12,31-34H2. The molecule has 0 bridgehead atoms. The maximum atomic E-state index is 6.19. The van der Waals surface area contributed by atoms with Gasteiger partial charge in [0.15, 0.2) is 0 Å². The maximum Gasteiger partial charge on any atom is 0.134 e. The number of hydrogen-bond donors (Lipinski definition) is 0. The minimum atomic E-state index is 0.207. The highest BCUT2D eigenvalue weighted by molar-refractivity contribution is 7.31. The number of rotatable bonds is 7. The molecule has 6 rings (SSSR count). The van der Waals surface area contributed by atoms with E-state index >= 15 is 0 Å². The largest absolute Gasteiger partial charge is 0.489 e. The molecule has 8 heteroatoms. The van der Waals surface area contributed by atoms with Crippen molar-refractivity contribution < 1.29 is 18.9 Å². The van der Waals surface area contributed by atoms with E-state index in [1.165, 1.54) is 32.7 Å². The normalized spacial score (nSPS) is 18.9. The summed E-state index contributed by atoms with van der Waals surface area (Å²) in [7, 11) is 11.5. The number of fused-ring (bicyclic) bond motifs is 2. The van der Waals surface area contributed by atoms with Crippen molar-refractivity contribution in [2.45, 2.75) is 12.2 Å². The lowest BCUT2D eigenvalue weighted by Gasteiger charge is -2.19. The van der Waals surface area contributed by atoms with Gasteiger partial charge in [0.25, 0.3) is 0 Å². The maximum absolute atomic E-state index is 6.19. The molecule has 6 atom stereocenters. The first kappa shape index (κ1) is 23.1. The van der Waals surface area contributed by atoms with E-state index in [0.29, 0.717) is 13.2 Å². The highest BCUT2D eigenvalue weighted by atomic mass is 31.0. The molecule has 174 valence electrons. The quantitative estimate of drug-likeness (QED) is 0.274. The van der Waals surface area contributed by atoms with Crippen LogP contribution in [-0.4, -0.2) is 38.6 Å². The van der Waals surface area contributed by atoms with Crippen molar-refractivity contribution in [1.82, 2.24) is 0 Å². The van der Waals surface area contributed by atoms with Crippen LogP contribution in [0.25, 0.3) is 32.7 Å². The first-order valence-electron chi connectivity index (χ1n) is 11.2. The van der Waals surface area contributed by atoms with Crippen molar-refractivity contribution in [3.63, 3.8) is 0 Å². The molecule has 4 nitrogen and oxygen atoms in total. The van der Waals surface area contributed by atoms with Crippen molar-refractivity contribution in [3.8, 4) is 22.6 Å². The zero-order chi connectivity index (χ0) is 23.4. The summed E-state index contributed by atoms with van der Waals surface area (Å²) < 4.78 is 23.1. The van der Waals surface area contributed by atoms with Crippen LogP contribution in [0.15, 0.2) is 48.5 Å². The van der Waals surface area contributed by atoms with E-state index in [1.54, 1.807) is 0 Å². The first-order valence-corrected chi connectivity index (χ1v) is 13.5. The Kier molecular flexibility index (Phi) is 6.28. The van der Waals surface area contributed by atoms with E-state index < -0.39 is 0 Å². The van der Waals surface area contributed by atoms with Crippen molar-refractivity contribution >= 4 is 79.7 Å². The van der Waals surface area contributed by atoms with E-state index in [0.717, 1.165) is 45.9 Å². The Morgan fingerprint density at radius 2 is 1.09 bits per heavy atom. The van der Waals surface area contributed by atoms with E-state index in [1.807, 2.05) is 0 Å². The average Bonchev–Trinajstić information content (AvgIpc) is 3.73. The Bertz CT molecular complexity index is 1320. The van der Waals surface area contributed by atoms with Crippen molar-refractivity contribution in [2.75, 3.05) is 26.4 Å². The molecule has 0 aromatic heterocycles. The van der Waals surface area contributed by atoms with Crippen LogP contribution in [0.4, 0.5) is 0 Å². The molecule has 0 amide bonds. The van der Waals surface area contributed by atoms with Gasteiger partial charge < -0.3 is 18.9 Å². The van der Waals surface area contributed by atoms with E-state index in [-0.39, 0.29) is 12.2 Å². The van der Waals surface area contributed by atoms with Gasteiger partial charge in [-0.3, -0.25) is 0 Å². The molecule has 6 unspecified atom stereocenters. The molecular formula is C26H26O4P4. The molecule has 2 aliphatic rings. The third-order valence-corrected chi connectivity index (χ3v) is 8.25. The molecule has 2 saturated heterocycles. The van der Waals surface area contributed by atoms with Gasteiger partial charge in [0, 0.05) is 32.0 Å². The second-order valence-corrected chi connectivity index (χ2v) is 11.2. The topological polar surface area (TPSA) is 43.5 Å². The van der Waals surface area contributed by atoms with Gasteiger partial charge >= 0.3 is 0 Å². The third kappa shape index (κ3) is 4.35. The van der Waals surface area contributed by atoms with Crippen LogP contribution in [0.2, 0.25) is 0 Å². The number of epoxide rings is 2. The summed E-state index contributed by atoms with van der Waals surface area (Å²) in [6.45, 7) is 2.70. The van der Waals surface area contributed by atoms with E-state index in [4.69, 9.17) is 18.9 Å². The molecule has 4 aromatic carbocycles. The highest BCUT2D eigenvalue weighted by Crippen LogP contribution is 2.37. The summed E-state index contributed by atoms with van der Waals surface area (Å²) in [5.41, 5.74) is 2.34. The Morgan fingerprint density at radius 3 is 1.47 bits per heavy atom. The van der Waals surface area contributed by atoms with Crippen LogP contribution in [0.5, 0.6) is 11.5 Å². The lowest BCUT2D eigenvalue weighted by atomic mass is 9.93. The van der Waals surface area contributed by atoms with Crippen molar-refractivity contribution in [3.05, 3.63) is 48.5 Å². The summed E-state index contributed by atoms with van der Waals surface area (Å²) in [5, 5.41) is 8.91. The number of hydrogen-bond acceptors (Lipinski definition) is 4. The van der Waals surface area contributed by atoms with Crippen molar-refractivity contribution in [1.29, 1.82) is 0 Å². The van der Waals surface area contributed by atoms with Crippen LogP contribution < -0.4 is 30.7 Å². The van der Waals surface area contributed by atoms with Gasteiger partial charge in [0.1, 0.15) is 36.9 Å². The fraction of sp³-hybridized carbons (Fsp3) is 0.231. The summed E-state index contributed by atoms with van der Waals surface area (Å²) >= 11 is 0. The van der Waals surface area contributed by atoms with Crippen LogP contribution in [-0.2, 0) is 9.47 Å². The van der Waals surface area contributed by atoms with Gasteiger partial charge in [-0.1, -0.05) is 36.4 Å². The molecule has 2 fully saturated rings. The predicted octanol–water partition coefficient (Wildman–Crippen LogP) is 3.22. The average molecular weight is 526 g/mol. The molecule has 2 heterocycles. The SMILES string of the molecule is Pc1cc2cccc(-c3cccc4cc(P)c(OCC5CO5)c(P)c34)c2c(P)c1OCC1CO1. The lowest BCUT2D eigenvalue weighted by molar-refractivity contribution is 0.266. The monoisotopic (exact) mass is 526 g/mol. The second-order valence-electron chi connectivity index (χ2n) is 8.76. The molecular weight excluding hydrogens is 500 g/mol. The van der Waals surface area contributed by atoms with Crippen LogP contribution >= 0.6 is 37.0 Å². The lowest BCUT2D eigenvalue weighted by Crippen LogP contribution is -2.17. The van der Waals surface area contributed by atoms with E-state index in [9.17, 15) is 0 Å². The predicted molar refractivity (Wildman–Crippen MR) is 155 cm³/mol. The van der Waals surface area contributed by atoms with Gasteiger partial charge in [-0.05, 0) is 34.0 Å². The summed E-state index contributed by atoms with van der Waals surface area (Å²) in [6.07, 6.45) is 0.413. The fourth-order valence-corrected chi connectivity index (χ4v) is 6.75. The summed E-state index contributed by atoms with van der Waals surface area (Å²) in [4.78, 5) is 0. The Labute approximate surface area is 208 Å². The summed E-state index contributed by atoms with van der Waals surface area (Å²) in [6, 6.07) is 17.3. The van der Waals surface area contributed by atoms with Gasteiger partial charge in [0.2, 0.25) is 0 Å². The van der Waals surface area contributed by atoms with Crippen molar-refractivity contribution in [2.24, 2.45) is 0 Å². The fourth-order valence-electron chi connectivity index (χ4n) is 4.44. The number of ether oxygens (including phenoxy) is 4. The zero-order valence-electron chi connectivity index (χ0n) is 18.5. The minimum Gasteiger partial charge on any atom is -0.489 e. The minimum absolute atomic E-state index is 0.207. The molecule has 0 radical (unpaired) electrons. The number of benzene rings is 4. The Morgan fingerprint density at radius 1 is 0.676 bits per heavy atom. The smallest absolute Gasteiger partial charge is 0.134 e. The van der Waals surface area contributed by atoms with Crippen LogP contribution in [0.3, 0.4) is 0 Å². The van der Waals surface area contributed by atoms with Crippen LogP contribution in [0, 0.1) is 0 Å². The molecule has 34 heavy (non-hydrogen) atoms. The summed E-state index contributed by atoms with van der Waals surface area (Å²) in [5.74, 6) is 1.77. The van der Waals surface area contributed by atoms with Crippen LogP contribution in [0.1, 0.15) is 0 Å².